The summed E-state index contributed by atoms with van der Waals surface area (Å²) in [5.41, 5.74) is 5.59. The number of carbonyl (C=O) groups excluding carboxylic acids is 1. The first-order valence-electron chi connectivity index (χ1n) is 6.67. The van der Waals surface area contributed by atoms with E-state index in [4.69, 9.17) is 17.3 Å². The Bertz CT molecular complexity index is 442. The van der Waals surface area contributed by atoms with E-state index < -0.39 is 0 Å². The molecular weight excluding hydrogens is 294 g/mol. The van der Waals surface area contributed by atoms with Crippen molar-refractivity contribution < 1.29 is 4.79 Å². The second-order valence-corrected chi connectivity index (χ2v) is 7.81. The van der Waals surface area contributed by atoms with E-state index in [2.05, 4.69) is 10.2 Å². The Morgan fingerprint density at radius 1 is 1.50 bits per heavy atom. The van der Waals surface area contributed by atoms with Crippen LogP contribution in [-0.4, -0.2) is 36.0 Å². The fraction of sp³-hybridized carbons (Fsp3) is 0.643. The van der Waals surface area contributed by atoms with Crippen LogP contribution in [0.5, 0.6) is 0 Å². The van der Waals surface area contributed by atoms with Gasteiger partial charge in [0.1, 0.15) is 0 Å². The molecule has 1 rings (SSSR count). The van der Waals surface area contributed by atoms with Crippen molar-refractivity contribution in [1.29, 1.82) is 0 Å². The van der Waals surface area contributed by atoms with E-state index in [1.165, 1.54) is 4.88 Å². The van der Waals surface area contributed by atoms with Crippen LogP contribution in [0, 0.1) is 0 Å². The molecule has 1 unspecified atom stereocenters. The molecule has 1 amide bonds. The second kappa shape index (κ2) is 7.41. The second-order valence-electron chi connectivity index (χ2n) is 6.01. The number of nitrogens with zero attached hydrogens (tertiary/aromatic N) is 1. The molecule has 1 aromatic rings. The number of likely N-dealkylation sites (N-methyl/N-ethyl adjacent to an activating group) is 1. The highest BCUT2D eigenvalue weighted by atomic mass is 35.5. The number of nitrogens with one attached hydrogen (secondary N) is 1. The third kappa shape index (κ3) is 6.22. The summed E-state index contributed by atoms with van der Waals surface area (Å²) in [6, 6.07) is 3.92. The molecule has 0 aliphatic heterocycles. The summed E-state index contributed by atoms with van der Waals surface area (Å²) in [7, 11) is 1.98. The molecule has 0 radical (unpaired) electrons. The summed E-state index contributed by atoms with van der Waals surface area (Å²) in [5, 5.41) is 2.97. The number of nitrogens with two attached hydrogens (primary N) is 1. The van der Waals surface area contributed by atoms with E-state index in [1.54, 1.807) is 11.3 Å². The minimum absolute atomic E-state index is 0.0261. The zero-order valence-electron chi connectivity index (χ0n) is 12.6. The average Bonchev–Trinajstić information content (AvgIpc) is 2.69. The van der Waals surface area contributed by atoms with Crippen LogP contribution in [0.25, 0.3) is 0 Å². The zero-order chi connectivity index (χ0) is 15.3. The van der Waals surface area contributed by atoms with E-state index in [-0.39, 0.29) is 17.5 Å². The van der Waals surface area contributed by atoms with Gasteiger partial charge in [-0.2, -0.15) is 0 Å². The summed E-state index contributed by atoms with van der Waals surface area (Å²) in [4.78, 5) is 15.3. The van der Waals surface area contributed by atoms with Crippen LogP contribution in [0.2, 0.25) is 4.34 Å². The van der Waals surface area contributed by atoms with Gasteiger partial charge in [0.25, 0.3) is 0 Å². The van der Waals surface area contributed by atoms with Gasteiger partial charge in [-0.25, -0.2) is 0 Å². The molecule has 0 aliphatic carbocycles. The fourth-order valence-corrected chi connectivity index (χ4v) is 3.07. The molecule has 0 bridgehead atoms. The van der Waals surface area contributed by atoms with Gasteiger partial charge in [0.05, 0.1) is 4.34 Å². The number of thiophene rings is 1. The summed E-state index contributed by atoms with van der Waals surface area (Å²) < 4.78 is 0.781. The predicted molar refractivity (Wildman–Crippen MR) is 86.2 cm³/mol. The van der Waals surface area contributed by atoms with Crippen LogP contribution in [0.4, 0.5) is 0 Å². The topological polar surface area (TPSA) is 58.4 Å². The molecule has 1 aromatic heterocycles. The lowest BCUT2D eigenvalue weighted by molar-refractivity contribution is -0.123. The lowest BCUT2D eigenvalue weighted by atomic mass is 10.1. The summed E-state index contributed by atoms with van der Waals surface area (Å²) in [6.07, 6.45) is 0.406. The molecule has 0 saturated carbocycles. The number of amides is 1. The van der Waals surface area contributed by atoms with Crippen LogP contribution in [0.3, 0.4) is 0 Å². The molecule has 6 heteroatoms. The lowest BCUT2D eigenvalue weighted by Gasteiger charge is -2.28. The highest BCUT2D eigenvalue weighted by molar-refractivity contribution is 7.16. The Morgan fingerprint density at radius 3 is 2.60 bits per heavy atom. The van der Waals surface area contributed by atoms with Gasteiger partial charge in [-0.3, -0.25) is 9.69 Å². The van der Waals surface area contributed by atoms with Crippen molar-refractivity contribution in [3.05, 3.63) is 21.3 Å². The standard InChI is InChI=1S/C14H24ClN3OS/c1-14(2,3)17-13(19)7-10(8-16)18(4)9-11-5-6-12(15)20-11/h5-6,10H,7-9,16H2,1-4H3,(H,17,19). The molecule has 1 heterocycles. The van der Waals surface area contributed by atoms with Crippen molar-refractivity contribution in [1.82, 2.24) is 10.2 Å². The third-order valence-electron chi connectivity index (χ3n) is 2.86. The molecule has 0 aliphatic rings. The van der Waals surface area contributed by atoms with E-state index >= 15 is 0 Å². The first-order chi connectivity index (χ1) is 9.21. The lowest BCUT2D eigenvalue weighted by Crippen LogP contribution is -2.46. The fourth-order valence-electron chi connectivity index (χ4n) is 1.91. The minimum atomic E-state index is -0.212. The van der Waals surface area contributed by atoms with Crippen molar-refractivity contribution >= 4 is 28.8 Å². The summed E-state index contributed by atoms with van der Waals surface area (Å²) >= 11 is 7.48. The van der Waals surface area contributed by atoms with Crippen molar-refractivity contribution in [2.45, 2.75) is 45.3 Å². The van der Waals surface area contributed by atoms with Gasteiger partial charge >= 0.3 is 0 Å². The number of halogens is 1. The van der Waals surface area contributed by atoms with Crippen molar-refractivity contribution in [3.63, 3.8) is 0 Å². The number of hydrogen-bond donors (Lipinski definition) is 2. The third-order valence-corrected chi connectivity index (χ3v) is 4.08. The predicted octanol–water partition coefficient (Wildman–Crippen LogP) is 2.47. The van der Waals surface area contributed by atoms with Gasteiger partial charge in [0.15, 0.2) is 0 Å². The first-order valence-corrected chi connectivity index (χ1v) is 7.86. The van der Waals surface area contributed by atoms with Crippen molar-refractivity contribution in [3.8, 4) is 0 Å². The molecule has 0 saturated heterocycles. The molecule has 4 nitrogen and oxygen atoms in total. The Labute approximate surface area is 130 Å². The Hall–Kier alpha value is -0.620. The van der Waals surface area contributed by atoms with E-state index in [0.717, 1.165) is 10.9 Å². The maximum absolute atomic E-state index is 12.0. The number of rotatable bonds is 6. The van der Waals surface area contributed by atoms with Crippen LogP contribution < -0.4 is 11.1 Å². The smallest absolute Gasteiger partial charge is 0.222 e. The Morgan fingerprint density at radius 2 is 2.15 bits per heavy atom. The van der Waals surface area contributed by atoms with Crippen LogP contribution >= 0.6 is 22.9 Å². The van der Waals surface area contributed by atoms with Crippen LogP contribution in [0.1, 0.15) is 32.1 Å². The molecule has 0 fully saturated rings. The molecular formula is C14H24ClN3OS. The molecule has 0 aromatic carbocycles. The molecule has 1 atom stereocenters. The normalized spacial score (nSPS) is 13.6. The Balaban J connectivity index is 2.54. The highest BCUT2D eigenvalue weighted by Gasteiger charge is 2.21. The molecule has 114 valence electrons. The number of hydrogen-bond acceptors (Lipinski definition) is 4. The van der Waals surface area contributed by atoms with Gasteiger partial charge in [-0.05, 0) is 40.0 Å². The quantitative estimate of drug-likeness (QED) is 0.847. The highest BCUT2D eigenvalue weighted by Crippen LogP contribution is 2.23. The minimum Gasteiger partial charge on any atom is -0.351 e. The zero-order valence-corrected chi connectivity index (χ0v) is 14.1. The van der Waals surface area contributed by atoms with Crippen LogP contribution in [-0.2, 0) is 11.3 Å². The van der Waals surface area contributed by atoms with Gasteiger partial charge in [-0.15, -0.1) is 11.3 Å². The van der Waals surface area contributed by atoms with Gasteiger partial charge < -0.3 is 11.1 Å². The molecule has 3 N–H and O–H groups in total. The monoisotopic (exact) mass is 317 g/mol. The van der Waals surface area contributed by atoms with Crippen LogP contribution in [0.15, 0.2) is 12.1 Å². The van der Waals surface area contributed by atoms with Gasteiger partial charge in [0.2, 0.25) is 5.91 Å². The largest absolute Gasteiger partial charge is 0.351 e. The number of carbonyl (C=O) groups is 1. The van der Waals surface area contributed by atoms with E-state index in [0.29, 0.717) is 13.0 Å². The maximum Gasteiger partial charge on any atom is 0.222 e. The maximum atomic E-state index is 12.0. The van der Waals surface area contributed by atoms with Crippen molar-refractivity contribution in [2.24, 2.45) is 5.73 Å². The molecule has 20 heavy (non-hydrogen) atoms. The van der Waals surface area contributed by atoms with E-state index in [9.17, 15) is 4.79 Å². The SMILES string of the molecule is CN(Cc1ccc(Cl)s1)C(CN)CC(=O)NC(C)(C)C. The molecule has 0 spiro atoms. The van der Waals surface area contributed by atoms with Crippen molar-refractivity contribution in [2.75, 3.05) is 13.6 Å². The first kappa shape index (κ1) is 17.4. The summed E-state index contributed by atoms with van der Waals surface area (Å²) in [5.74, 6) is 0.0315. The Kier molecular flexibility index (Phi) is 6.45. The average molecular weight is 318 g/mol. The summed E-state index contributed by atoms with van der Waals surface area (Å²) in [6.45, 7) is 7.12. The van der Waals surface area contributed by atoms with E-state index in [1.807, 2.05) is 40.0 Å². The van der Waals surface area contributed by atoms with Gasteiger partial charge in [-0.1, -0.05) is 11.6 Å². The van der Waals surface area contributed by atoms with Gasteiger partial charge in [0, 0.05) is 36.0 Å².